The van der Waals surface area contributed by atoms with E-state index in [0.717, 1.165) is 17.1 Å². The molecule has 2 aromatic rings. The van der Waals surface area contributed by atoms with Crippen molar-refractivity contribution in [2.24, 2.45) is 5.73 Å². The van der Waals surface area contributed by atoms with Crippen LogP contribution in [0.15, 0.2) is 36.7 Å². The van der Waals surface area contributed by atoms with Crippen LogP contribution in [0.25, 0.3) is 5.69 Å². The second-order valence-electron chi connectivity index (χ2n) is 3.98. The summed E-state index contributed by atoms with van der Waals surface area (Å²) in [6.07, 6.45) is -2.66. The number of carbonyl (C=O) groups is 1. The van der Waals surface area contributed by atoms with E-state index < -0.39 is 17.6 Å². The molecule has 1 heterocycles. The van der Waals surface area contributed by atoms with Gasteiger partial charge in [-0.3, -0.25) is 4.79 Å². The number of nitrogens with two attached hydrogens (primary N) is 1. The summed E-state index contributed by atoms with van der Waals surface area (Å²) < 4.78 is 38.4. The fraction of sp³-hybridized carbons (Fsp3) is 0.167. The average Bonchev–Trinajstić information content (AvgIpc) is 2.78. The van der Waals surface area contributed by atoms with Crippen LogP contribution in [0.5, 0.6) is 0 Å². The maximum Gasteiger partial charge on any atom is 0.419 e. The van der Waals surface area contributed by atoms with Crippen molar-refractivity contribution in [3.8, 4) is 5.69 Å². The summed E-state index contributed by atoms with van der Waals surface area (Å²) in [5.74, 6) is -0.466. The second kappa shape index (κ2) is 4.75. The second-order valence-corrected chi connectivity index (χ2v) is 3.98. The first kappa shape index (κ1) is 13.1. The van der Waals surface area contributed by atoms with Crippen molar-refractivity contribution in [1.29, 1.82) is 0 Å². The lowest BCUT2D eigenvalue weighted by atomic mass is 10.1. The lowest BCUT2D eigenvalue weighted by Crippen LogP contribution is -2.13. The van der Waals surface area contributed by atoms with Gasteiger partial charge in [0.25, 0.3) is 0 Å². The number of rotatable bonds is 3. The van der Waals surface area contributed by atoms with Crippen molar-refractivity contribution in [1.82, 2.24) is 9.78 Å². The van der Waals surface area contributed by atoms with Gasteiger partial charge in [-0.2, -0.15) is 18.3 Å². The van der Waals surface area contributed by atoms with Crippen LogP contribution in [0.4, 0.5) is 13.2 Å². The number of benzene rings is 1. The molecule has 0 saturated heterocycles. The van der Waals surface area contributed by atoms with Crippen LogP contribution in [0.2, 0.25) is 0 Å². The van der Waals surface area contributed by atoms with E-state index in [1.807, 2.05) is 0 Å². The van der Waals surface area contributed by atoms with Crippen molar-refractivity contribution in [2.75, 3.05) is 0 Å². The van der Waals surface area contributed by atoms with E-state index >= 15 is 0 Å². The first-order valence-corrected chi connectivity index (χ1v) is 5.36. The van der Waals surface area contributed by atoms with Crippen molar-refractivity contribution < 1.29 is 18.0 Å². The molecule has 0 unspecified atom stereocenters. The van der Waals surface area contributed by atoms with Gasteiger partial charge in [-0.1, -0.05) is 12.1 Å². The van der Waals surface area contributed by atoms with Crippen LogP contribution in [0.3, 0.4) is 0 Å². The molecular weight excluding hydrogens is 259 g/mol. The number of nitrogens with zero attached hydrogens (tertiary/aromatic N) is 2. The molecule has 7 heteroatoms. The van der Waals surface area contributed by atoms with E-state index in [1.54, 1.807) is 24.3 Å². The SMILES string of the molecule is NC(=O)Cc1ccc(-n2cc(C(F)(F)F)cn2)cc1. The van der Waals surface area contributed by atoms with Gasteiger partial charge >= 0.3 is 6.18 Å². The Morgan fingerprint density at radius 2 is 1.89 bits per heavy atom. The minimum atomic E-state index is -4.41. The molecule has 4 nitrogen and oxygen atoms in total. The number of hydrogen-bond donors (Lipinski definition) is 1. The summed E-state index contributed by atoms with van der Waals surface area (Å²) >= 11 is 0. The maximum atomic E-state index is 12.4. The Hall–Kier alpha value is -2.31. The molecule has 0 saturated carbocycles. The van der Waals surface area contributed by atoms with Gasteiger partial charge in [0.1, 0.15) is 0 Å². The van der Waals surface area contributed by atoms with Gasteiger partial charge in [-0.15, -0.1) is 0 Å². The number of alkyl halides is 3. The predicted molar refractivity (Wildman–Crippen MR) is 61.5 cm³/mol. The molecule has 1 amide bonds. The van der Waals surface area contributed by atoms with Gasteiger partial charge in [0.15, 0.2) is 0 Å². The van der Waals surface area contributed by atoms with E-state index in [1.165, 1.54) is 0 Å². The molecule has 0 spiro atoms. The predicted octanol–water partition coefficient (Wildman–Crippen LogP) is 1.92. The minimum Gasteiger partial charge on any atom is -0.369 e. The molecule has 0 bridgehead atoms. The van der Waals surface area contributed by atoms with Crippen LogP contribution >= 0.6 is 0 Å². The Morgan fingerprint density at radius 3 is 2.37 bits per heavy atom. The number of halogens is 3. The lowest BCUT2D eigenvalue weighted by molar-refractivity contribution is -0.137. The van der Waals surface area contributed by atoms with Gasteiger partial charge < -0.3 is 5.73 Å². The first-order chi connectivity index (χ1) is 8.86. The molecule has 19 heavy (non-hydrogen) atoms. The average molecular weight is 269 g/mol. The molecule has 0 aliphatic heterocycles. The molecule has 0 aliphatic rings. The zero-order valence-corrected chi connectivity index (χ0v) is 9.69. The van der Waals surface area contributed by atoms with E-state index in [2.05, 4.69) is 5.10 Å². The first-order valence-electron chi connectivity index (χ1n) is 5.36. The maximum absolute atomic E-state index is 12.4. The highest BCUT2D eigenvalue weighted by Crippen LogP contribution is 2.29. The number of carbonyl (C=O) groups excluding carboxylic acids is 1. The molecule has 0 fully saturated rings. The minimum absolute atomic E-state index is 0.0905. The number of amides is 1. The molecule has 1 aromatic heterocycles. The molecule has 2 rings (SSSR count). The fourth-order valence-electron chi connectivity index (χ4n) is 1.58. The van der Waals surface area contributed by atoms with Crippen molar-refractivity contribution in [3.05, 3.63) is 47.8 Å². The Morgan fingerprint density at radius 1 is 1.26 bits per heavy atom. The normalized spacial score (nSPS) is 11.5. The van der Waals surface area contributed by atoms with Crippen molar-refractivity contribution in [2.45, 2.75) is 12.6 Å². The van der Waals surface area contributed by atoms with Crippen LogP contribution in [-0.2, 0) is 17.4 Å². The number of aromatic nitrogens is 2. The van der Waals surface area contributed by atoms with Crippen LogP contribution in [-0.4, -0.2) is 15.7 Å². The summed E-state index contributed by atoms with van der Waals surface area (Å²) in [5, 5.41) is 3.65. The highest BCUT2D eigenvalue weighted by Gasteiger charge is 2.32. The van der Waals surface area contributed by atoms with E-state index in [9.17, 15) is 18.0 Å². The molecule has 0 aliphatic carbocycles. The van der Waals surface area contributed by atoms with Gasteiger partial charge in [-0.25, -0.2) is 4.68 Å². The van der Waals surface area contributed by atoms with Gasteiger partial charge in [-0.05, 0) is 17.7 Å². The summed E-state index contributed by atoms with van der Waals surface area (Å²) in [6, 6.07) is 6.39. The van der Waals surface area contributed by atoms with E-state index in [-0.39, 0.29) is 6.42 Å². The monoisotopic (exact) mass is 269 g/mol. The van der Waals surface area contributed by atoms with Crippen molar-refractivity contribution >= 4 is 5.91 Å². The standard InChI is InChI=1S/C12H10F3N3O/c13-12(14,15)9-6-17-18(7-9)10-3-1-8(2-4-10)5-11(16)19/h1-4,6-7H,5H2,(H2,16,19). The Labute approximate surface area is 106 Å². The zero-order chi connectivity index (χ0) is 14.0. The lowest BCUT2D eigenvalue weighted by Gasteiger charge is -2.03. The highest BCUT2D eigenvalue weighted by molar-refractivity contribution is 5.76. The van der Waals surface area contributed by atoms with Gasteiger partial charge in [0, 0.05) is 6.20 Å². The summed E-state index contributed by atoms with van der Waals surface area (Å²) in [4.78, 5) is 10.7. The highest BCUT2D eigenvalue weighted by atomic mass is 19.4. The third-order valence-electron chi connectivity index (χ3n) is 2.49. The molecule has 2 N–H and O–H groups in total. The van der Waals surface area contributed by atoms with Crippen LogP contribution in [0.1, 0.15) is 11.1 Å². The van der Waals surface area contributed by atoms with Crippen molar-refractivity contribution in [3.63, 3.8) is 0 Å². The largest absolute Gasteiger partial charge is 0.419 e. The molecule has 100 valence electrons. The molecule has 1 aromatic carbocycles. The Bertz CT molecular complexity index is 587. The molecular formula is C12H10F3N3O. The molecule has 0 radical (unpaired) electrons. The van der Waals surface area contributed by atoms with E-state index in [0.29, 0.717) is 11.3 Å². The summed E-state index contributed by atoms with van der Waals surface area (Å²) in [7, 11) is 0. The quantitative estimate of drug-likeness (QED) is 0.925. The Balaban J connectivity index is 2.23. The van der Waals surface area contributed by atoms with Gasteiger partial charge in [0.2, 0.25) is 5.91 Å². The fourth-order valence-corrected chi connectivity index (χ4v) is 1.58. The summed E-state index contributed by atoms with van der Waals surface area (Å²) in [6.45, 7) is 0. The zero-order valence-electron chi connectivity index (χ0n) is 9.69. The topological polar surface area (TPSA) is 60.9 Å². The number of primary amides is 1. The third-order valence-corrected chi connectivity index (χ3v) is 2.49. The third kappa shape index (κ3) is 3.12. The summed E-state index contributed by atoms with van der Waals surface area (Å²) in [5.41, 5.74) is 5.40. The van der Waals surface area contributed by atoms with Crippen LogP contribution < -0.4 is 5.73 Å². The Kier molecular flexibility index (Phi) is 3.28. The van der Waals surface area contributed by atoms with Crippen LogP contribution in [0, 0.1) is 0 Å². The van der Waals surface area contributed by atoms with E-state index in [4.69, 9.17) is 5.73 Å². The smallest absolute Gasteiger partial charge is 0.369 e. The van der Waals surface area contributed by atoms with Gasteiger partial charge in [0.05, 0.1) is 23.9 Å². The molecule has 0 atom stereocenters. The number of hydrogen-bond acceptors (Lipinski definition) is 2.